The molecule has 1 aromatic rings. The third kappa shape index (κ3) is 4.27. The van der Waals surface area contributed by atoms with Crippen LogP contribution in [0.3, 0.4) is 0 Å². The van der Waals surface area contributed by atoms with Gasteiger partial charge in [0.25, 0.3) is 0 Å². The molecule has 0 spiro atoms. The van der Waals surface area contributed by atoms with E-state index in [9.17, 15) is 5.26 Å². The van der Waals surface area contributed by atoms with Crippen molar-refractivity contribution < 1.29 is 0 Å². The molecule has 4 nitrogen and oxygen atoms in total. The van der Waals surface area contributed by atoms with E-state index in [4.69, 9.17) is 5.26 Å². The number of nitrogens with one attached hydrogen (secondary N) is 1. The van der Waals surface area contributed by atoms with Gasteiger partial charge in [0.15, 0.2) is 0 Å². The standard InChI is InChI=1S/C15H11BrN2.CH6N2/c16-10-15(11-18)7-5-12(6-8-15)14-4-2-1-3-13(14)9-17;1-3-2/h1-7H,8,10H2;3H,2H2,1H3. The number of hydrogen-bond donors (Lipinski definition) is 2. The molecule has 0 amide bonds. The van der Waals surface area contributed by atoms with Crippen LogP contribution in [0.4, 0.5) is 0 Å². The second-order valence-electron chi connectivity index (χ2n) is 4.54. The highest BCUT2D eigenvalue weighted by Gasteiger charge is 2.27. The molecule has 0 saturated heterocycles. The van der Waals surface area contributed by atoms with Gasteiger partial charge in [0.05, 0.1) is 23.1 Å². The van der Waals surface area contributed by atoms with Gasteiger partial charge in [0.1, 0.15) is 0 Å². The van der Waals surface area contributed by atoms with Gasteiger partial charge in [-0.05, 0) is 30.7 Å². The van der Waals surface area contributed by atoms with Gasteiger partial charge in [0.2, 0.25) is 0 Å². The Hall–Kier alpha value is -1.92. The molecule has 0 radical (unpaired) electrons. The quantitative estimate of drug-likeness (QED) is 0.490. The third-order valence-electron chi connectivity index (χ3n) is 3.09. The van der Waals surface area contributed by atoms with Crippen LogP contribution < -0.4 is 11.3 Å². The lowest BCUT2D eigenvalue weighted by molar-refractivity contribution is 0.591. The number of hydrazine groups is 1. The molecule has 1 unspecified atom stereocenters. The van der Waals surface area contributed by atoms with E-state index in [-0.39, 0.29) is 0 Å². The maximum absolute atomic E-state index is 9.19. The molecule has 1 aliphatic rings. The number of halogens is 1. The number of rotatable bonds is 2. The van der Waals surface area contributed by atoms with Crippen LogP contribution in [-0.4, -0.2) is 12.4 Å². The topological polar surface area (TPSA) is 85.6 Å². The van der Waals surface area contributed by atoms with Gasteiger partial charge in [-0.3, -0.25) is 11.3 Å². The van der Waals surface area contributed by atoms with E-state index in [0.717, 1.165) is 11.1 Å². The lowest BCUT2D eigenvalue weighted by Gasteiger charge is -2.22. The van der Waals surface area contributed by atoms with Gasteiger partial charge in [-0.25, -0.2) is 0 Å². The molecule has 1 atom stereocenters. The van der Waals surface area contributed by atoms with Crippen LogP contribution in [-0.2, 0) is 0 Å². The molecule has 108 valence electrons. The van der Waals surface area contributed by atoms with Gasteiger partial charge in [-0.1, -0.05) is 52.4 Å². The van der Waals surface area contributed by atoms with Crippen molar-refractivity contribution >= 4 is 21.5 Å². The van der Waals surface area contributed by atoms with Crippen molar-refractivity contribution in [2.75, 3.05) is 12.4 Å². The van der Waals surface area contributed by atoms with Crippen LogP contribution >= 0.6 is 15.9 Å². The highest BCUT2D eigenvalue weighted by Crippen LogP contribution is 2.34. The first-order valence-electron chi connectivity index (χ1n) is 6.40. The molecular formula is C16H17BrN4. The smallest absolute Gasteiger partial charge is 0.0998 e. The Morgan fingerprint density at radius 2 is 2.05 bits per heavy atom. The van der Waals surface area contributed by atoms with Crippen LogP contribution in [0.25, 0.3) is 5.57 Å². The second-order valence-corrected chi connectivity index (χ2v) is 5.11. The van der Waals surface area contributed by atoms with Crippen molar-refractivity contribution in [2.45, 2.75) is 6.42 Å². The average Bonchev–Trinajstić information content (AvgIpc) is 2.55. The first kappa shape index (κ1) is 17.1. The molecule has 3 N–H and O–H groups in total. The fourth-order valence-electron chi connectivity index (χ4n) is 1.92. The number of hydrogen-bond acceptors (Lipinski definition) is 4. The van der Waals surface area contributed by atoms with E-state index in [1.807, 2.05) is 36.4 Å². The first-order valence-corrected chi connectivity index (χ1v) is 7.52. The van der Waals surface area contributed by atoms with E-state index in [2.05, 4.69) is 39.3 Å². The van der Waals surface area contributed by atoms with E-state index < -0.39 is 5.41 Å². The lowest BCUT2D eigenvalue weighted by Crippen LogP contribution is -2.18. The van der Waals surface area contributed by atoms with E-state index in [1.165, 1.54) is 0 Å². The molecule has 21 heavy (non-hydrogen) atoms. The molecule has 0 saturated carbocycles. The van der Waals surface area contributed by atoms with Crippen molar-refractivity contribution in [3.8, 4) is 12.1 Å². The summed E-state index contributed by atoms with van der Waals surface area (Å²) in [4.78, 5) is 0. The Morgan fingerprint density at radius 1 is 1.38 bits per heavy atom. The van der Waals surface area contributed by atoms with Gasteiger partial charge in [-0.15, -0.1) is 0 Å². The Kier molecular flexibility index (Phi) is 6.84. The summed E-state index contributed by atoms with van der Waals surface area (Å²) in [7, 11) is 1.65. The summed E-state index contributed by atoms with van der Waals surface area (Å²) in [6, 6.07) is 12.0. The Morgan fingerprint density at radius 3 is 2.52 bits per heavy atom. The third-order valence-corrected chi connectivity index (χ3v) is 4.09. The maximum atomic E-state index is 9.19. The molecule has 1 aromatic carbocycles. The lowest BCUT2D eigenvalue weighted by atomic mass is 9.81. The minimum absolute atomic E-state index is 0.453. The largest absolute Gasteiger partial charge is 0.272 e. The fraction of sp³-hybridized carbons (Fsp3) is 0.250. The molecule has 2 rings (SSSR count). The van der Waals surface area contributed by atoms with Crippen LogP contribution in [0.1, 0.15) is 17.5 Å². The van der Waals surface area contributed by atoms with Gasteiger partial charge >= 0.3 is 0 Å². The zero-order valence-electron chi connectivity index (χ0n) is 11.8. The first-order chi connectivity index (χ1) is 10.2. The molecule has 0 bridgehead atoms. The number of nitrogens with zero attached hydrogens (tertiary/aromatic N) is 2. The van der Waals surface area contributed by atoms with Crippen LogP contribution in [0.15, 0.2) is 42.5 Å². The summed E-state index contributed by atoms with van der Waals surface area (Å²) in [5.74, 6) is 4.60. The minimum Gasteiger partial charge on any atom is -0.272 e. The SMILES string of the molecule is CNN.N#Cc1ccccc1C1=CCC(C#N)(CBr)C=C1. The Bertz CT molecular complexity index is 622. The monoisotopic (exact) mass is 344 g/mol. The predicted molar refractivity (Wildman–Crippen MR) is 88.0 cm³/mol. The highest BCUT2D eigenvalue weighted by molar-refractivity contribution is 9.09. The highest BCUT2D eigenvalue weighted by atomic mass is 79.9. The Balaban J connectivity index is 0.000000677. The van der Waals surface area contributed by atoms with Crippen molar-refractivity contribution in [3.63, 3.8) is 0 Å². The number of nitriles is 2. The number of benzene rings is 1. The zero-order valence-corrected chi connectivity index (χ0v) is 13.4. The molecule has 1 aliphatic carbocycles. The van der Waals surface area contributed by atoms with Crippen molar-refractivity contribution in [1.82, 2.24) is 5.43 Å². The van der Waals surface area contributed by atoms with Gasteiger partial charge in [0, 0.05) is 5.33 Å². The summed E-state index contributed by atoms with van der Waals surface area (Å²) in [6.07, 6.45) is 6.55. The van der Waals surface area contributed by atoms with Crippen LogP contribution in [0.5, 0.6) is 0 Å². The van der Waals surface area contributed by atoms with Crippen molar-refractivity contribution in [1.29, 1.82) is 10.5 Å². The van der Waals surface area contributed by atoms with E-state index >= 15 is 0 Å². The summed E-state index contributed by atoms with van der Waals surface area (Å²) >= 11 is 3.38. The van der Waals surface area contributed by atoms with Gasteiger partial charge < -0.3 is 0 Å². The maximum Gasteiger partial charge on any atom is 0.0998 e. The molecule has 0 aliphatic heterocycles. The summed E-state index contributed by atoms with van der Waals surface area (Å²) < 4.78 is 0. The minimum atomic E-state index is -0.453. The number of nitrogens with two attached hydrogens (primary N) is 1. The Labute approximate surface area is 133 Å². The van der Waals surface area contributed by atoms with Crippen molar-refractivity contribution in [2.24, 2.45) is 11.3 Å². The molecule has 0 fully saturated rings. The van der Waals surface area contributed by atoms with Crippen LogP contribution in [0.2, 0.25) is 0 Å². The summed E-state index contributed by atoms with van der Waals surface area (Å²) in [6.45, 7) is 0. The molecule has 0 heterocycles. The molecular weight excluding hydrogens is 328 g/mol. The number of alkyl halides is 1. The summed E-state index contributed by atoms with van der Waals surface area (Å²) in [5, 5.41) is 18.9. The predicted octanol–water partition coefficient (Wildman–Crippen LogP) is 2.89. The molecule has 0 aromatic heterocycles. The second kappa shape index (κ2) is 8.39. The number of allylic oxidation sites excluding steroid dienone is 4. The fourth-order valence-corrected chi connectivity index (χ4v) is 2.46. The zero-order chi connectivity index (χ0) is 15.7. The average molecular weight is 345 g/mol. The summed E-state index contributed by atoms with van der Waals surface area (Å²) in [5.41, 5.74) is 4.40. The van der Waals surface area contributed by atoms with Crippen LogP contribution in [0, 0.1) is 28.1 Å². The van der Waals surface area contributed by atoms with E-state index in [1.54, 1.807) is 13.1 Å². The normalized spacial score (nSPS) is 19.6. The van der Waals surface area contributed by atoms with E-state index in [0.29, 0.717) is 17.3 Å². The van der Waals surface area contributed by atoms with Crippen molar-refractivity contribution in [3.05, 3.63) is 53.6 Å². The molecule has 5 heteroatoms. The van der Waals surface area contributed by atoms with Gasteiger partial charge in [-0.2, -0.15) is 10.5 Å².